The number of aryl methyl sites for hydroxylation is 2. The molecule has 1 aliphatic rings. The van der Waals surface area contributed by atoms with E-state index < -0.39 is 11.9 Å². The Kier molecular flexibility index (Phi) is 14.8. The quantitative estimate of drug-likeness (QED) is 0.149. The van der Waals surface area contributed by atoms with Crippen LogP contribution in [0, 0.1) is 6.92 Å². The molecular formula is C32H43N9O4. The number of carbonyl (C=O) groups excluding carboxylic acids is 3. The van der Waals surface area contributed by atoms with Crippen molar-refractivity contribution >= 4 is 41.5 Å². The second-order valence-corrected chi connectivity index (χ2v) is 9.86. The van der Waals surface area contributed by atoms with Crippen molar-refractivity contribution in [3.63, 3.8) is 0 Å². The van der Waals surface area contributed by atoms with Gasteiger partial charge in [0.15, 0.2) is 12.1 Å². The van der Waals surface area contributed by atoms with Crippen molar-refractivity contribution in [2.24, 2.45) is 10.7 Å². The third kappa shape index (κ3) is 10.5. The summed E-state index contributed by atoms with van der Waals surface area (Å²) in [6, 6.07) is 4.45. The number of nitrogens with zero attached hydrogens (tertiary/aromatic N) is 5. The summed E-state index contributed by atoms with van der Waals surface area (Å²) in [4.78, 5) is 62.3. The molecule has 13 heteroatoms. The summed E-state index contributed by atoms with van der Waals surface area (Å²) < 4.78 is 1.52. The number of aliphatic imine (C=N–C) groups is 1. The summed E-state index contributed by atoms with van der Waals surface area (Å²) in [5.41, 5.74) is 14.5. The molecule has 4 heterocycles. The number of hydrogen-bond donors (Lipinski definition) is 4. The van der Waals surface area contributed by atoms with Gasteiger partial charge in [-0.2, -0.15) is 4.99 Å². The van der Waals surface area contributed by atoms with Crippen LogP contribution in [-0.2, 0) is 16.0 Å². The molecule has 240 valence electrons. The Bertz CT molecular complexity index is 1570. The van der Waals surface area contributed by atoms with Crippen LogP contribution in [0.1, 0.15) is 79.8 Å². The predicted molar refractivity (Wildman–Crippen MR) is 177 cm³/mol. The zero-order chi connectivity index (χ0) is 33.4. The molecule has 1 atom stereocenters. The first-order valence-electron chi connectivity index (χ1n) is 14.9. The van der Waals surface area contributed by atoms with E-state index in [9.17, 15) is 19.2 Å². The number of aldehydes is 1. The van der Waals surface area contributed by atoms with Crippen molar-refractivity contribution in [2.75, 3.05) is 24.6 Å². The SMILES string of the molecule is CC.CCCC/C(=C\c1cnc(N)cc1C)CNC(=O)C1CCc2ncc(NC)c(=O)n21.NC(C=O)=NC(=O)c1cccnc1. The van der Waals surface area contributed by atoms with Crippen LogP contribution in [0.15, 0.2) is 58.3 Å². The Morgan fingerprint density at radius 3 is 2.58 bits per heavy atom. The van der Waals surface area contributed by atoms with Gasteiger partial charge in [-0.05, 0) is 55.5 Å². The van der Waals surface area contributed by atoms with Gasteiger partial charge < -0.3 is 22.1 Å². The van der Waals surface area contributed by atoms with Crippen LogP contribution < -0.4 is 27.7 Å². The van der Waals surface area contributed by atoms with Crippen LogP contribution in [0.4, 0.5) is 11.5 Å². The van der Waals surface area contributed by atoms with Gasteiger partial charge >= 0.3 is 0 Å². The number of nitrogens with two attached hydrogens (primary N) is 2. The highest BCUT2D eigenvalue weighted by molar-refractivity contribution is 6.29. The van der Waals surface area contributed by atoms with Crippen LogP contribution in [-0.4, -0.2) is 57.0 Å². The highest BCUT2D eigenvalue weighted by atomic mass is 16.2. The first-order chi connectivity index (χ1) is 21.7. The molecule has 2 amide bonds. The molecule has 0 spiro atoms. The molecule has 1 unspecified atom stereocenters. The summed E-state index contributed by atoms with van der Waals surface area (Å²) in [6.45, 7) is 8.57. The summed E-state index contributed by atoms with van der Waals surface area (Å²) in [5.74, 6) is 0.0874. The van der Waals surface area contributed by atoms with E-state index in [1.807, 2.05) is 26.8 Å². The second-order valence-electron chi connectivity index (χ2n) is 9.86. The van der Waals surface area contributed by atoms with Gasteiger partial charge in [0.2, 0.25) is 5.91 Å². The lowest BCUT2D eigenvalue weighted by atomic mass is 10.0. The summed E-state index contributed by atoms with van der Waals surface area (Å²) >= 11 is 0. The number of fused-ring (bicyclic) bond motifs is 1. The van der Waals surface area contributed by atoms with Crippen LogP contribution in [0.3, 0.4) is 0 Å². The minimum atomic E-state index is -0.572. The highest BCUT2D eigenvalue weighted by Gasteiger charge is 2.30. The van der Waals surface area contributed by atoms with Gasteiger partial charge in [-0.1, -0.05) is 38.8 Å². The molecular weight excluding hydrogens is 574 g/mol. The van der Waals surface area contributed by atoms with Crippen molar-refractivity contribution in [3.8, 4) is 0 Å². The molecule has 3 aromatic heterocycles. The van der Waals surface area contributed by atoms with E-state index in [1.165, 1.54) is 29.2 Å². The lowest BCUT2D eigenvalue weighted by molar-refractivity contribution is -0.124. The maximum atomic E-state index is 12.9. The Hall–Kier alpha value is -5.20. The molecule has 3 aromatic rings. The van der Waals surface area contributed by atoms with E-state index in [0.717, 1.165) is 36.0 Å². The van der Waals surface area contributed by atoms with Crippen molar-refractivity contribution < 1.29 is 14.4 Å². The fourth-order valence-electron chi connectivity index (χ4n) is 4.42. The van der Waals surface area contributed by atoms with Crippen LogP contribution >= 0.6 is 0 Å². The normalized spacial score (nSPS) is 13.8. The maximum Gasteiger partial charge on any atom is 0.280 e. The number of amidine groups is 1. The monoisotopic (exact) mass is 617 g/mol. The van der Waals surface area contributed by atoms with Gasteiger partial charge in [0.25, 0.3) is 11.5 Å². The van der Waals surface area contributed by atoms with E-state index in [0.29, 0.717) is 48.6 Å². The molecule has 0 aliphatic carbocycles. The average Bonchev–Trinajstić information content (AvgIpc) is 3.50. The topological polar surface area (TPSA) is 200 Å². The second kappa shape index (κ2) is 18.5. The van der Waals surface area contributed by atoms with Crippen LogP contribution in [0.25, 0.3) is 6.08 Å². The first-order valence-corrected chi connectivity index (χ1v) is 14.9. The van der Waals surface area contributed by atoms with E-state index in [2.05, 4.69) is 43.6 Å². The molecule has 0 saturated heterocycles. The molecule has 0 saturated carbocycles. The van der Waals surface area contributed by atoms with Gasteiger partial charge in [-0.25, -0.2) is 9.97 Å². The number of rotatable bonds is 10. The number of nitrogens with one attached hydrogen (secondary N) is 2. The van der Waals surface area contributed by atoms with Crippen molar-refractivity contribution in [2.45, 2.75) is 65.8 Å². The number of aromatic nitrogens is 4. The van der Waals surface area contributed by atoms with E-state index >= 15 is 0 Å². The Labute approximate surface area is 263 Å². The maximum absolute atomic E-state index is 12.9. The Balaban J connectivity index is 0.000000393. The molecule has 0 fully saturated rings. The van der Waals surface area contributed by atoms with Crippen molar-refractivity contribution in [1.82, 2.24) is 24.8 Å². The largest absolute Gasteiger partial charge is 0.384 e. The first kappa shape index (κ1) is 36.0. The molecule has 45 heavy (non-hydrogen) atoms. The number of unbranched alkanes of at least 4 members (excludes halogenated alkanes) is 1. The molecule has 4 rings (SSSR count). The molecule has 0 aromatic carbocycles. The van der Waals surface area contributed by atoms with E-state index in [1.54, 1.807) is 19.3 Å². The Morgan fingerprint density at radius 1 is 1.20 bits per heavy atom. The zero-order valence-corrected chi connectivity index (χ0v) is 26.5. The van der Waals surface area contributed by atoms with Crippen LogP contribution in [0.2, 0.25) is 0 Å². The number of nitrogen functional groups attached to an aromatic ring is 1. The lowest BCUT2D eigenvalue weighted by Crippen LogP contribution is -2.37. The van der Waals surface area contributed by atoms with Gasteiger partial charge in [-0.15, -0.1) is 0 Å². The van der Waals surface area contributed by atoms with Gasteiger partial charge in [0.1, 0.15) is 23.4 Å². The number of pyridine rings is 2. The number of amides is 2. The number of hydrogen-bond acceptors (Lipinski definition) is 9. The van der Waals surface area contributed by atoms with Crippen molar-refractivity contribution in [3.05, 3.63) is 81.4 Å². The number of carbonyl (C=O) groups is 3. The smallest absolute Gasteiger partial charge is 0.280 e. The summed E-state index contributed by atoms with van der Waals surface area (Å²) in [5, 5.41) is 5.87. The fourth-order valence-corrected chi connectivity index (χ4v) is 4.42. The average molecular weight is 618 g/mol. The molecule has 0 radical (unpaired) electrons. The third-order valence-corrected chi connectivity index (χ3v) is 6.73. The minimum Gasteiger partial charge on any atom is -0.384 e. The van der Waals surface area contributed by atoms with Gasteiger partial charge in [0, 0.05) is 38.6 Å². The Morgan fingerprint density at radius 2 is 1.96 bits per heavy atom. The third-order valence-electron chi connectivity index (χ3n) is 6.73. The lowest BCUT2D eigenvalue weighted by Gasteiger charge is -2.16. The van der Waals surface area contributed by atoms with Gasteiger partial charge in [0.05, 0.1) is 11.8 Å². The molecule has 6 N–H and O–H groups in total. The zero-order valence-electron chi connectivity index (χ0n) is 26.5. The standard InChI is InChI=1S/C22H30N6O2.C8H7N3O2.C2H6/c1-4-5-6-15(10-16-12-25-19(23)9-14(16)2)11-27-21(29)18-7-8-20-26-13-17(24-3)22(30)28(18)20;9-7(5-12)11-8(13)6-2-1-3-10-4-6;1-2/h9-10,12-13,18,24H,4-8,11H2,1-3H3,(H2,23,25)(H,27,29);1-5H,(H2,9,11,13);1-2H3/b15-10+;;. The van der Waals surface area contributed by atoms with Gasteiger partial charge in [-0.3, -0.25) is 28.7 Å². The minimum absolute atomic E-state index is 0.152. The van der Waals surface area contributed by atoms with Crippen LogP contribution in [0.5, 0.6) is 0 Å². The molecule has 0 bridgehead atoms. The summed E-state index contributed by atoms with van der Waals surface area (Å²) in [6.07, 6.45) is 12.7. The molecule has 13 nitrogen and oxygen atoms in total. The highest BCUT2D eigenvalue weighted by Crippen LogP contribution is 2.23. The predicted octanol–water partition coefficient (Wildman–Crippen LogP) is 3.25. The van der Waals surface area contributed by atoms with E-state index in [4.69, 9.17) is 11.5 Å². The fraction of sp³-hybridized carbons (Fsp3) is 0.375. The van der Waals surface area contributed by atoms with Crippen molar-refractivity contribution in [1.29, 1.82) is 0 Å². The molecule has 1 aliphatic heterocycles. The van der Waals surface area contributed by atoms with E-state index in [-0.39, 0.29) is 17.3 Å². The number of anilines is 2. The summed E-state index contributed by atoms with van der Waals surface area (Å²) in [7, 11) is 1.67.